The van der Waals surface area contributed by atoms with Crippen molar-refractivity contribution in [1.29, 1.82) is 0 Å². The molecule has 0 heterocycles. The highest BCUT2D eigenvalue weighted by molar-refractivity contribution is 5.40. The molecule has 0 spiro atoms. The van der Waals surface area contributed by atoms with Crippen molar-refractivity contribution >= 4 is 0 Å². The van der Waals surface area contributed by atoms with Gasteiger partial charge in [-0.05, 0) is 38.7 Å². The minimum Gasteiger partial charge on any atom is -0.508 e. The maximum Gasteiger partial charge on any atom is 0.124 e. The van der Waals surface area contributed by atoms with Crippen molar-refractivity contribution in [2.24, 2.45) is 0 Å². The first-order valence-corrected chi connectivity index (χ1v) is 6.52. The summed E-state index contributed by atoms with van der Waals surface area (Å²) < 4.78 is 0. The third-order valence-corrected chi connectivity index (χ3v) is 3.61. The molecule has 4 nitrogen and oxygen atoms in total. The normalized spacial score (nSPS) is 25.9. The number of hydrogen-bond acceptors (Lipinski definition) is 4. The van der Waals surface area contributed by atoms with Gasteiger partial charge in [-0.15, -0.1) is 0 Å². The van der Waals surface area contributed by atoms with Crippen LogP contribution in [0.2, 0.25) is 0 Å². The molecule has 3 atom stereocenters. The van der Waals surface area contributed by atoms with Crippen molar-refractivity contribution in [1.82, 2.24) is 5.32 Å². The molecule has 4 heteroatoms. The van der Waals surface area contributed by atoms with Crippen LogP contribution < -0.4 is 5.32 Å². The van der Waals surface area contributed by atoms with Crippen LogP contribution in [0.5, 0.6) is 11.5 Å². The number of aliphatic hydroxyl groups excluding tert-OH is 1. The second kappa shape index (κ2) is 5.59. The number of aliphatic hydroxyl groups is 1. The van der Waals surface area contributed by atoms with Crippen molar-refractivity contribution in [2.45, 2.75) is 50.8 Å². The lowest BCUT2D eigenvalue weighted by molar-refractivity contribution is 0.109. The number of phenols is 2. The van der Waals surface area contributed by atoms with Gasteiger partial charge in [-0.2, -0.15) is 0 Å². The third-order valence-electron chi connectivity index (χ3n) is 3.61. The molecule has 18 heavy (non-hydrogen) atoms. The summed E-state index contributed by atoms with van der Waals surface area (Å²) in [4.78, 5) is 0. The summed E-state index contributed by atoms with van der Waals surface area (Å²) in [6.45, 7) is 1.98. The largest absolute Gasteiger partial charge is 0.508 e. The van der Waals surface area contributed by atoms with E-state index in [-0.39, 0.29) is 29.7 Å². The maximum atomic E-state index is 9.79. The Bertz CT molecular complexity index is 408. The average Bonchev–Trinajstić information content (AvgIpc) is 2.28. The maximum absolute atomic E-state index is 9.79. The highest BCUT2D eigenvalue weighted by Gasteiger charge is 2.22. The Kier molecular flexibility index (Phi) is 4.09. The zero-order valence-electron chi connectivity index (χ0n) is 10.6. The first-order chi connectivity index (χ1) is 8.56. The Hall–Kier alpha value is -1.26. The van der Waals surface area contributed by atoms with Crippen molar-refractivity contribution < 1.29 is 15.3 Å². The molecular weight excluding hydrogens is 230 g/mol. The van der Waals surface area contributed by atoms with Gasteiger partial charge in [-0.1, -0.05) is 6.07 Å². The van der Waals surface area contributed by atoms with Crippen LogP contribution in [0.1, 0.15) is 44.2 Å². The lowest BCUT2D eigenvalue weighted by Crippen LogP contribution is -2.37. The highest BCUT2D eigenvalue weighted by atomic mass is 16.3. The number of nitrogens with one attached hydrogen (secondary N) is 1. The summed E-state index contributed by atoms with van der Waals surface area (Å²) in [5.74, 6) is 0.169. The zero-order valence-corrected chi connectivity index (χ0v) is 10.6. The fourth-order valence-corrected chi connectivity index (χ4v) is 2.66. The molecular formula is C14H21NO3. The molecule has 0 aliphatic heterocycles. The second-order valence-electron chi connectivity index (χ2n) is 5.15. The predicted octanol–water partition coefficient (Wildman–Crippen LogP) is 2.05. The predicted molar refractivity (Wildman–Crippen MR) is 69.6 cm³/mol. The second-order valence-corrected chi connectivity index (χ2v) is 5.15. The molecule has 3 unspecified atom stereocenters. The number of benzene rings is 1. The summed E-state index contributed by atoms with van der Waals surface area (Å²) in [6, 6.07) is 4.94. The summed E-state index contributed by atoms with van der Waals surface area (Å²) in [7, 11) is 0. The Morgan fingerprint density at radius 1 is 1.28 bits per heavy atom. The Morgan fingerprint density at radius 3 is 2.72 bits per heavy atom. The lowest BCUT2D eigenvalue weighted by atomic mass is 9.92. The van der Waals surface area contributed by atoms with Crippen molar-refractivity contribution in [3.63, 3.8) is 0 Å². The molecule has 0 saturated heterocycles. The van der Waals surface area contributed by atoms with Crippen molar-refractivity contribution in [2.75, 3.05) is 0 Å². The van der Waals surface area contributed by atoms with Gasteiger partial charge in [-0.3, -0.25) is 0 Å². The van der Waals surface area contributed by atoms with E-state index < -0.39 is 0 Å². The van der Waals surface area contributed by atoms with Gasteiger partial charge < -0.3 is 20.6 Å². The van der Waals surface area contributed by atoms with E-state index in [0.29, 0.717) is 0 Å². The molecule has 0 aromatic heterocycles. The average molecular weight is 251 g/mol. The number of hydrogen-bond donors (Lipinski definition) is 4. The molecule has 0 amide bonds. The summed E-state index contributed by atoms with van der Waals surface area (Å²) >= 11 is 0. The van der Waals surface area contributed by atoms with E-state index in [1.807, 2.05) is 6.92 Å². The van der Waals surface area contributed by atoms with E-state index in [9.17, 15) is 15.3 Å². The van der Waals surface area contributed by atoms with Crippen LogP contribution in [0.25, 0.3) is 0 Å². The van der Waals surface area contributed by atoms with E-state index in [1.54, 1.807) is 12.1 Å². The van der Waals surface area contributed by atoms with E-state index in [1.165, 1.54) is 6.07 Å². The monoisotopic (exact) mass is 251 g/mol. The van der Waals surface area contributed by atoms with Crippen molar-refractivity contribution in [3.05, 3.63) is 23.8 Å². The minimum absolute atomic E-state index is 0.000833. The molecule has 1 saturated carbocycles. The molecule has 0 radical (unpaired) electrons. The first kappa shape index (κ1) is 13.2. The van der Waals surface area contributed by atoms with Gasteiger partial charge in [-0.25, -0.2) is 0 Å². The zero-order chi connectivity index (χ0) is 13.1. The fraction of sp³-hybridized carbons (Fsp3) is 0.571. The third kappa shape index (κ3) is 3.15. The highest BCUT2D eigenvalue weighted by Crippen LogP contribution is 2.29. The van der Waals surface area contributed by atoms with E-state index >= 15 is 0 Å². The van der Waals surface area contributed by atoms with Crippen LogP contribution in [0.4, 0.5) is 0 Å². The molecule has 100 valence electrons. The quantitative estimate of drug-likeness (QED) is 0.663. The Labute approximate surface area is 107 Å². The van der Waals surface area contributed by atoms with Crippen LogP contribution in [0.15, 0.2) is 18.2 Å². The topological polar surface area (TPSA) is 72.7 Å². The van der Waals surface area contributed by atoms with E-state index in [2.05, 4.69) is 5.32 Å². The van der Waals surface area contributed by atoms with Crippen LogP contribution in [-0.2, 0) is 0 Å². The lowest BCUT2D eigenvalue weighted by Gasteiger charge is -2.29. The number of aromatic hydroxyl groups is 2. The molecule has 0 bridgehead atoms. The van der Waals surface area contributed by atoms with Gasteiger partial charge >= 0.3 is 0 Å². The van der Waals surface area contributed by atoms with Gasteiger partial charge in [0.25, 0.3) is 0 Å². The molecule has 1 aromatic carbocycles. The molecule has 2 rings (SSSR count). The van der Waals surface area contributed by atoms with Gasteiger partial charge in [0.2, 0.25) is 0 Å². The summed E-state index contributed by atoms with van der Waals surface area (Å²) in [5.41, 5.74) is 0.771. The van der Waals surface area contributed by atoms with Crippen LogP contribution in [-0.4, -0.2) is 27.5 Å². The standard InChI is InChI=1S/C14H21NO3/c1-9(13-6-5-12(17)8-14(13)18)15-10-3-2-4-11(16)7-10/h5-6,8-11,15-18H,2-4,7H2,1H3. The van der Waals surface area contributed by atoms with Gasteiger partial charge in [0.05, 0.1) is 6.10 Å². The Morgan fingerprint density at radius 2 is 2.06 bits per heavy atom. The number of rotatable bonds is 3. The van der Waals surface area contributed by atoms with Crippen LogP contribution in [0, 0.1) is 0 Å². The SMILES string of the molecule is CC(NC1CCCC(O)C1)c1ccc(O)cc1O. The van der Waals surface area contributed by atoms with E-state index in [0.717, 1.165) is 31.2 Å². The summed E-state index contributed by atoms with van der Waals surface area (Å²) in [5, 5.41) is 32.1. The smallest absolute Gasteiger partial charge is 0.124 e. The van der Waals surface area contributed by atoms with Gasteiger partial charge in [0.1, 0.15) is 11.5 Å². The van der Waals surface area contributed by atoms with Gasteiger partial charge in [0, 0.05) is 23.7 Å². The number of phenolic OH excluding ortho intramolecular Hbond substituents is 2. The van der Waals surface area contributed by atoms with Gasteiger partial charge in [0.15, 0.2) is 0 Å². The van der Waals surface area contributed by atoms with Crippen molar-refractivity contribution in [3.8, 4) is 11.5 Å². The fourth-order valence-electron chi connectivity index (χ4n) is 2.66. The molecule has 4 N–H and O–H groups in total. The minimum atomic E-state index is -0.211. The molecule has 1 fully saturated rings. The first-order valence-electron chi connectivity index (χ1n) is 6.52. The molecule has 1 aliphatic rings. The summed E-state index contributed by atoms with van der Waals surface area (Å²) in [6.07, 6.45) is 3.53. The van der Waals surface area contributed by atoms with Crippen LogP contribution in [0.3, 0.4) is 0 Å². The Balaban J connectivity index is 2.00. The van der Waals surface area contributed by atoms with E-state index in [4.69, 9.17) is 0 Å². The molecule has 1 aliphatic carbocycles. The van der Waals surface area contributed by atoms with Crippen LogP contribution >= 0.6 is 0 Å². The molecule has 1 aromatic rings.